The first-order valence-electron chi connectivity index (χ1n) is 11.7. The Balaban J connectivity index is 0.00000441. The van der Waals surface area contributed by atoms with Gasteiger partial charge in [0.2, 0.25) is 0 Å². The van der Waals surface area contributed by atoms with Crippen LogP contribution in [-0.4, -0.2) is 47.5 Å². The number of hydrazone groups is 1. The summed E-state index contributed by atoms with van der Waals surface area (Å²) >= 11 is 0. The third-order valence-corrected chi connectivity index (χ3v) is 6.74. The van der Waals surface area contributed by atoms with Gasteiger partial charge in [0.15, 0.2) is 28.8 Å². The number of nitrogens with one attached hydrogen (secondary N) is 1. The van der Waals surface area contributed by atoms with E-state index in [-0.39, 0.29) is 53.1 Å². The predicted molar refractivity (Wildman–Crippen MR) is 156 cm³/mol. The van der Waals surface area contributed by atoms with Crippen LogP contribution in [0.2, 0.25) is 0 Å². The van der Waals surface area contributed by atoms with Crippen molar-refractivity contribution in [2.24, 2.45) is 5.10 Å². The number of hydrogen-bond donors (Lipinski definition) is 3. The van der Waals surface area contributed by atoms with Gasteiger partial charge in [-0.05, 0) is 48.4 Å². The van der Waals surface area contributed by atoms with E-state index in [0.717, 1.165) is 16.6 Å². The highest BCUT2D eigenvalue weighted by molar-refractivity contribution is 7.57. The first kappa shape index (κ1) is 30.4. The fraction of sp³-hybridized carbons (Fsp3) is 0.148. The van der Waals surface area contributed by atoms with Crippen LogP contribution in [0.3, 0.4) is 0 Å². The molecule has 0 aliphatic carbocycles. The molecule has 1 unspecified atom stereocenters. The number of ether oxygens (including phenoxy) is 2. The van der Waals surface area contributed by atoms with Crippen molar-refractivity contribution in [1.82, 2.24) is 10.2 Å². The third kappa shape index (κ3) is 6.87. The molecular weight excluding hydrogens is 562 g/mol. The van der Waals surface area contributed by atoms with Crippen LogP contribution in [0.4, 0.5) is 10.0 Å². The first-order chi connectivity index (χ1) is 18.8. The van der Waals surface area contributed by atoms with Gasteiger partial charge in [-0.2, -0.15) is 14.4 Å². The van der Waals surface area contributed by atoms with Gasteiger partial charge in [0.25, 0.3) is 0 Å². The lowest BCUT2D eigenvalue weighted by Gasteiger charge is -2.15. The predicted octanol–water partition coefficient (Wildman–Crippen LogP) is 6.76. The Morgan fingerprint density at radius 2 is 1.65 bits per heavy atom. The summed E-state index contributed by atoms with van der Waals surface area (Å²) in [6, 6.07) is 13.6. The van der Waals surface area contributed by atoms with Crippen molar-refractivity contribution in [2.45, 2.75) is 6.92 Å². The van der Waals surface area contributed by atoms with Crippen LogP contribution in [0.15, 0.2) is 65.6 Å². The van der Waals surface area contributed by atoms with Gasteiger partial charge in [-0.15, -0.1) is 17.5 Å². The summed E-state index contributed by atoms with van der Waals surface area (Å²) in [4.78, 5) is 0. The molecule has 0 bridgehead atoms. The van der Waals surface area contributed by atoms with Crippen LogP contribution in [0.25, 0.3) is 28.0 Å². The first-order valence-corrected chi connectivity index (χ1v) is 13.3. The number of rotatable bonds is 10. The molecule has 0 radical (unpaired) electrons. The standard InChI is InChI=1S/C27H26FN4O6P.ClH/c1-4-38-39(28,35)10-9-17-11-21(25(33)23(13-17)36-2)22-12-18(14-24(37-3)26(22)34)15-29-31-27-20-8-6-5-7-19(20)16-30-32-27;/h5-16,33-34H,4H2,1-3H3,(H,31,32);1H/b10-9+,29-15+;. The molecule has 4 rings (SSSR count). The zero-order valence-corrected chi connectivity index (χ0v) is 23.4. The Labute approximate surface area is 236 Å². The lowest BCUT2D eigenvalue weighted by atomic mass is 9.98. The van der Waals surface area contributed by atoms with Gasteiger partial charge in [0.05, 0.1) is 33.2 Å². The molecule has 3 N–H and O–H groups in total. The van der Waals surface area contributed by atoms with Gasteiger partial charge in [-0.3, -0.25) is 9.99 Å². The molecular formula is C27H27ClFN4O6P. The average molecular weight is 589 g/mol. The molecule has 0 aliphatic rings. The number of fused-ring (bicyclic) bond motifs is 1. The van der Waals surface area contributed by atoms with E-state index in [1.807, 2.05) is 24.3 Å². The van der Waals surface area contributed by atoms with Gasteiger partial charge in [0, 0.05) is 27.7 Å². The maximum absolute atomic E-state index is 14.1. The van der Waals surface area contributed by atoms with Gasteiger partial charge in [-0.1, -0.05) is 24.3 Å². The molecule has 1 heterocycles. The van der Waals surface area contributed by atoms with Crippen molar-refractivity contribution in [3.8, 4) is 34.1 Å². The van der Waals surface area contributed by atoms with Crippen molar-refractivity contribution in [2.75, 3.05) is 26.3 Å². The van der Waals surface area contributed by atoms with Crippen LogP contribution in [0.5, 0.6) is 23.0 Å². The van der Waals surface area contributed by atoms with Gasteiger partial charge in [-0.25, -0.2) is 0 Å². The smallest absolute Gasteiger partial charge is 0.390 e. The minimum atomic E-state index is -4.45. The van der Waals surface area contributed by atoms with Crippen LogP contribution in [0.1, 0.15) is 18.1 Å². The number of phenolic OH excluding ortho intramolecular Hbond substituents is 2. The normalized spacial score (nSPS) is 12.8. The van der Waals surface area contributed by atoms with Gasteiger partial charge >= 0.3 is 7.68 Å². The second-order valence-corrected chi connectivity index (χ2v) is 9.74. The number of anilines is 1. The van der Waals surface area contributed by atoms with Gasteiger partial charge < -0.3 is 24.2 Å². The molecule has 1 atom stereocenters. The highest BCUT2D eigenvalue weighted by Gasteiger charge is 2.20. The van der Waals surface area contributed by atoms with Crippen LogP contribution < -0.4 is 14.9 Å². The summed E-state index contributed by atoms with van der Waals surface area (Å²) in [5.74, 6) is 0.894. The maximum atomic E-state index is 14.1. The van der Waals surface area contributed by atoms with E-state index in [9.17, 15) is 19.0 Å². The largest absolute Gasteiger partial charge is 0.504 e. The Kier molecular flexibility index (Phi) is 10.1. The number of methoxy groups -OCH3 is 2. The number of aromatic hydroxyl groups is 2. The summed E-state index contributed by atoms with van der Waals surface area (Å²) in [5.41, 5.74) is 4.04. The highest BCUT2D eigenvalue weighted by atomic mass is 35.5. The Morgan fingerprint density at radius 1 is 1.02 bits per heavy atom. The van der Waals surface area contributed by atoms with Crippen LogP contribution >= 0.6 is 20.1 Å². The third-order valence-electron chi connectivity index (χ3n) is 5.63. The maximum Gasteiger partial charge on any atom is 0.390 e. The van der Waals surface area contributed by atoms with Crippen molar-refractivity contribution in [3.63, 3.8) is 0 Å². The van der Waals surface area contributed by atoms with E-state index in [1.54, 1.807) is 18.3 Å². The number of aromatic nitrogens is 2. The average Bonchev–Trinajstić information content (AvgIpc) is 2.93. The number of phenols is 2. The lowest BCUT2D eigenvalue weighted by Crippen LogP contribution is -1.97. The zero-order chi connectivity index (χ0) is 28.0. The summed E-state index contributed by atoms with van der Waals surface area (Å²) in [5, 5.41) is 35.8. The van der Waals surface area contributed by atoms with E-state index in [4.69, 9.17) is 9.47 Å². The lowest BCUT2D eigenvalue weighted by molar-refractivity contribution is 0.312. The molecule has 0 saturated carbocycles. The Hall–Kier alpha value is -4.18. The number of halogens is 2. The highest BCUT2D eigenvalue weighted by Crippen LogP contribution is 2.51. The van der Waals surface area contributed by atoms with Crippen LogP contribution in [0, 0.1) is 0 Å². The molecule has 0 saturated heterocycles. The number of hydrogen-bond acceptors (Lipinski definition) is 10. The molecule has 1 aromatic heterocycles. The molecule has 0 aliphatic heterocycles. The molecule has 4 aromatic rings. The molecule has 0 fully saturated rings. The quantitative estimate of drug-likeness (QED) is 0.104. The summed E-state index contributed by atoms with van der Waals surface area (Å²) in [6.07, 6.45) is 4.37. The molecule has 0 spiro atoms. The minimum Gasteiger partial charge on any atom is -0.504 e. The zero-order valence-electron chi connectivity index (χ0n) is 21.7. The molecule has 40 heavy (non-hydrogen) atoms. The second kappa shape index (κ2) is 13.3. The summed E-state index contributed by atoms with van der Waals surface area (Å²) < 4.78 is 41.2. The monoisotopic (exact) mass is 588 g/mol. The van der Waals surface area contributed by atoms with Crippen molar-refractivity contribution < 1.29 is 33.0 Å². The van der Waals surface area contributed by atoms with E-state index in [0.29, 0.717) is 16.9 Å². The molecule has 0 amide bonds. The van der Waals surface area contributed by atoms with Crippen LogP contribution in [-0.2, 0) is 9.09 Å². The minimum absolute atomic E-state index is 0. The van der Waals surface area contributed by atoms with E-state index < -0.39 is 7.68 Å². The Morgan fingerprint density at radius 3 is 2.30 bits per heavy atom. The topological polar surface area (TPSA) is 135 Å². The summed E-state index contributed by atoms with van der Waals surface area (Å²) in [6.45, 7) is 1.46. The SMILES string of the molecule is CCOP(=O)(F)/C=C/c1cc(OC)c(O)c(-c2cc(/C=N/Nc3nncc4ccccc34)cc(OC)c2O)c1.Cl. The number of benzene rings is 3. The second-order valence-electron chi connectivity index (χ2n) is 8.14. The van der Waals surface area contributed by atoms with E-state index >= 15 is 0 Å². The number of nitrogens with zero attached hydrogens (tertiary/aromatic N) is 3. The van der Waals surface area contributed by atoms with Crippen molar-refractivity contribution in [1.29, 1.82) is 0 Å². The fourth-order valence-electron chi connectivity index (χ4n) is 3.82. The van der Waals surface area contributed by atoms with E-state index in [1.165, 1.54) is 45.6 Å². The molecule has 10 nitrogen and oxygen atoms in total. The Bertz CT molecular complexity index is 1610. The van der Waals surface area contributed by atoms with Crippen molar-refractivity contribution >= 4 is 49.0 Å². The van der Waals surface area contributed by atoms with Gasteiger partial charge in [0.1, 0.15) is 0 Å². The van der Waals surface area contributed by atoms with Crippen molar-refractivity contribution in [3.05, 3.63) is 71.7 Å². The molecule has 3 aromatic carbocycles. The molecule has 13 heteroatoms. The fourth-order valence-corrected chi connectivity index (χ4v) is 4.61. The molecule has 210 valence electrons. The van der Waals surface area contributed by atoms with E-state index in [2.05, 4.69) is 25.2 Å². The summed E-state index contributed by atoms with van der Waals surface area (Å²) in [7, 11) is -1.72.